The summed E-state index contributed by atoms with van der Waals surface area (Å²) in [5.41, 5.74) is 1.01. The molecular weight excluding hydrogens is 282 g/mol. The maximum absolute atomic E-state index is 12.4. The highest BCUT2D eigenvalue weighted by atomic mass is 32.2. The van der Waals surface area contributed by atoms with Crippen molar-refractivity contribution in [2.75, 3.05) is 13.1 Å². The normalized spacial score (nSPS) is 21.0. The summed E-state index contributed by atoms with van der Waals surface area (Å²) in [6.45, 7) is 3.02. The summed E-state index contributed by atoms with van der Waals surface area (Å²) >= 11 is 1.26. The Morgan fingerprint density at radius 2 is 2.37 bits per heavy atom. The van der Waals surface area contributed by atoms with E-state index in [0.717, 1.165) is 17.9 Å². The van der Waals surface area contributed by atoms with Gasteiger partial charge in [0.25, 0.3) is 10.0 Å². The lowest BCUT2D eigenvalue weighted by atomic mass is 10.1. The van der Waals surface area contributed by atoms with E-state index in [-0.39, 0.29) is 5.92 Å². The first-order valence-corrected chi connectivity index (χ1v) is 8.44. The second-order valence-electron chi connectivity index (χ2n) is 4.73. The van der Waals surface area contributed by atoms with E-state index in [2.05, 4.69) is 9.97 Å². The van der Waals surface area contributed by atoms with Crippen molar-refractivity contribution in [3.8, 4) is 0 Å². The van der Waals surface area contributed by atoms with Gasteiger partial charge in [0.15, 0.2) is 0 Å². The van der Waals surface area contributed by atoms with Crippen LogP contribution in [0.3, 0.4) is 0 Å². The quantitative estimate of drug-likeness (QED) is 0.941. The van der Waals surface area contributed by atoms with Gasteiger partial charge in [0.2, 0.25) is 0 Å². The summed E-state index contributed by atoms with van der Waals surface area (Å²) < 4.78 is 26.7. The molecule has 1 atom stereocenters. The van der Waals surface area contributed by atoms with E-state index in [1.807, 2.05) is 6.92 Å². The number of H-pyrrole nitrogens is 1. The van der Waals surface area contributed by atoms with Crippen LogP contribution < -0.4 is 0 Å². The number of hydrogen-bond donors (Lipinski definition) is 1. The highest BCUT2D eigenvalue weighted by Gasteiger charge is 2.34. The van der Waals surface area contributed by atoms with E-state index in [4.69, 9.17) is 0 Å². The molecule has 5 nitrogen and oxygen atoms in total. The third kappa shape index (κ3) is 2.33. The predicted octanol–water partition coefficient (Wildman–Crippen LogP) is 1.96. The van der Waals surface area contributed by atoms with E-state index in [1.165, 1.54) is 11.3 Å². The predicted molar refractivity (Wildman–Crippen MR) is 73.8 cm³/mol. The van der Waals surface area contributed by atoms with Crippen LogP contribution in [0.2, 0.25) is 0 Å². The van der Waals surface area contributed by atoms with Crippen LogP contribution in [-0.4, -0.2) is 35.8 Å². The molecule has 1 unspecified atom stereocenters. The summed E-state index contributed by atoms with van der Waals surface area (Å²) in [5, 5.41) is 1.79. The molecule has 0 aliphatic carbocycles. The van der Waals surface area contributed by atoms with Gasteiger partial charge in [-0.25, -0.2) is 13.4 Å². The molecule has 0 radical (unpaired) electrons. The number of rotatable bonds is 3. The molecule has 1 fully saturated rings. The van der Waals surface area contributed by atoms with Gasteiger partial charge in [-0.1, -0.05) is 6.07 Å². The van der Waals surface area contributed by atoms with Gasteiger partial charge in [0, 0.05) is 30.9 Å². The van der Waals surface area contributed by atoms with Gasteiger partial charge in [0.05, 0.1) is 0 Å². The highest BCUT2D eigenvalue weighted by molar-refractivity contribution is 7.91. The van der Waals surface area contributed by atoms with Crippen molar-refractivity contribution in [3.05, 3.63) is 35.2 Å². The number of aromatic amines is 1. The van der Waals surface area contributed by atoms with Crippen molar-refractivity contribution in [3.63, 3.8) is 0 Å². The smallest absolute Gasteiger partial charge is 0.252 e. The van der Waals surface area contributed by atoms with Crippen molar-refractivity contribution in [1.29, 1.82) is 0 Å². The third-order valence-electron chi connectivity index (χ3n) is 3.35. The zero-order valence-electron chi connectivity index (χ0n) is 10.5. The first-order chi connectivity index (χ1) is 9.07. The zero-order valence-corrected chi connectivity index (χ0v) is 12.2. The second-order valence-corrected chi connectivity index (χ2v) is 7.84. The Morgan fingerprint density at radius 1 is 1.53 bits per heavy atom. The van der Waals surface area contributed by atoms with Crippen molar-refractivity contribution in [1.82, 2.24) is 14.3 Å². The standard InChI is InChI=1S/C12H15N3O2S2/c1-9-7-13-12(14-9)10-4-5-15(8-10)19(16,17)11-3-2-6-18-11/h2-3,6-7,10H,4-5,8H2,1H3,(H,13,14). The molecular formula is C12H15N3O2S2. The number of aryl methyl sites for hydroxylation is 1. The van der Waals surface area contributed by atoms with E-state index in [0.29, 0.717) is 17.3 Å². The van der Waals surface area contributed by atoms with Crippen LogP contribution >= 0.6 is 11.3 Å². The van der Waals surface area contributed by atoms with E-state index >= 15 is 0 Å². The molecule has 1 aliphatic rings. The second kappa shape index (κ2) is 4.73. The number of nitrogens with zero attached hydrogens (tertiary/aromatic N) is 2. The van der Waals surface area contributed by atoms with Crippen LogP contribution in [0, 0.1) is 6.92 Å². The van der Waals surface area contributed by atoms with Crippen LogP contribution in [-0.2, 0) is 10.0 Å². The molecule has 1 N–H and O–H groups in total. The maximum atomic E-state index is 12.4. The minimum atomic E-state index is -3.32. The number of thiophene rings is 1. The molecule has 1 saturated heterocycles. The largest absolute Gasteiger partial charge is 0.346 e. The number of aromatic nitrogens is 2. The molecule has 1 aliphatic heterocycles. The summed E-state index contributed by atoms with van der Waals surface area (Å²) in [6, 6.07) is 3.42. The summed E-state index contributed by atoms with van der Waals surface area (Å²) in [6.07, 6.45) is 2.60. The average molecular weight is 297 g/mol. The lowest BCUT2D eigenvalue weighted by Gasteiger charge is -2.14. The molecule has 0 spiro atoms. The van der Waals surface area contributed by atoms with Crippen LogP contribution in [0.4, 0.5) is 0 Å². The number of sulfonamides is 1. The molecule has 0 amide bonds. The Bertz CT molecular complexity index is 661. The molecule has 0 bridgehead atoms. The van der Waals surface area contributed by atoms with Crippen LogP contribution in [0.25, 0.3) is 0 Å². The number of hydrogen-bond acceptors (Lipinski definition) is 4. The number of imidazole rings is 1. The monoisotopic (exact) mass is 297 g/mol. The van der Waals surface area contributed by atoms with Gasteiger partial charge in [0.1, 0.15) is 10.0 Å². The topological polar surface area (TPSA) is 66.1 Å². The number of nitrogens with one attached hydrogen (secondary N) is 1. The molecule has 3 heterocycles. The first-order valence-electron chi connectivity index (χ1n) is 6.12. The van der Waals surface area contributed by atoms with Crippen molar-refractivity contribution >= 4 is 21.4 Å². The van der Waals surface area contributed by atoms with Gasteiger partial charge in [-0.2, -0.15) is 4.31 Å². The molecule has 19 heavy (non-hydrogen) atoms. The van der Waals surface area contributed by atoms with E-state index in [9.17, 15) is 8.42 Å². The Kier molecular flexibility index (Phi) is 3.20. The Balaban J connectivity index is 1.79. The van der Waals surface area contributed by atoms with Gasteiger partial charge in [-0.05, 0) is 24.8 Å². The zero-order chi connectivity index (χ0) is 13.5. The fourth-order valence-corrected chi connectivity index (χ4v) is 4.99. The Labute approximate surface area is 116 Å². The Hall–Kier alpha value is -1.18. The van der Waals surface area contributed by atoms with Crippen molar-refractivity contribution in [2.45, 2.75) is 23.5 Å². The third-order valence-corrected chi connectivity index (χ3v) is 6.59. The molecule has 2 aromatic heterocycles. The van der Waals surface area contributed by atoms with E-state index < -0.39 is 10.0 Å². The average Bonchev–Trinajstić information content (AvgIpc) is 3.10. The Morgan fingerprint density at radius 3 is 3.00 bits per heavy atom. The van der Waals surface area contributed by atoms with Crippen LogP contribution in [0.1, 0.15) is 23.9 Å². The minimum Gasteiger partial charge on any atom is -0.346 e. The van der Waals surface area contributed by atoms with Gasteiger partial charge in [-0.15, -0.1) is 11.3 Å². The summed E-state index contributed by atoms with van der Waals surface area (Å²) in [7, 11) is -3.32. The van der Waals surface area contributed by atoms with Gasteiger partial charge >= 0.3 is 0 Å². The van der Waals surface area contributed by atoms with Crippen molar-refractivity contribution < 1.29 is 8.42 Å². The molecule has 2 aromatic rings. The lowest BCUT2D eigenvalue weighted by molar-refractivity contribution is 0.473. The van der Waals surface area contributed by atoms with Gasteiger partial charge in [-0.3, -0.25) is 0 Å². The van der Waals surface area contributed by atoms with Crippen LogP contribution in [0.5, 0.6) is 0 Å². The fraction of sp³-hybridized carbons (Fsp3) is 0.417. The molecule has 3 rings (SSSR count). The first kappa shape index (κ1) is 12.8. The summed E-state index contributed by atoms with van der Waals surface area (Å²) in [4.78, 5) is 7.50. The fourth-order valence-electron chi connectivity index (χ4n) is 2.35. The minimum absolute atomic E-state index is 0.170. The van der Waals surface area contributed by atoms with Crippen LogP contribution in [0.15, 0.2) is 27.9 Å². The summed E-state index contributed by atoms with van der Waals surface area (Å²) in [5.74, 6) is 1.06. The molecule has 7 heteroatoms. The molecule has 102 valence electrons. The lowest BCUT2D eigenvalue weighted by Crippen LogP contribution is -2.28. The van der Waals surface area contributed by atoms with E-state index in [1.54, 1.807) is 28.0 Å². The molecule has 0 aromatic carbocycles. The van der Waals surface area contributed by atoms with Gasteiger partial charge < -0.3 is 4.98 Å². The SMILES string of the molecule is Cc1cnc(C2CCN(S(=O)(=O)c3cccs3)C2)[nH]1. The highest BCUT2D eigenvalue weighted by Crippen LogP contribution is 2.30. The van der Waals surface area contributed by atoms with Crippen molar-refractivity contribution in [2.24, 2.45) is 0 Å². The maximum Gasteiger partial charge on any atom is 0.252 e. The molecule has 0 saturated carbocycles.